The topological polar surface area (TPSA) is 57.6 Å². The van der Waals surface area contributed by atoms with E-state index >= 15 is 0 Å². The van der Waals surface area contributed by atoms with Crippen LogP contribution in [-0.4, -0.2) is 49.5 Å². The van der Waals surface area contributed by atoms with Crippen LogP contribution < -0.4 is 10.2 Å². The highest BCUT2D eigenvalue weighted by atomic mass is 16.5. The van der Waals surface area contributed by atoms with E-state index in [1.807, 2.05) is 25.2 Å². The Morgan fingerprint density at radius 1 is 1.62 bits per heavy atom. The van der Waals surface area contributed by atoms with Crippen LogP contribution in [0.4, 0.5) is 11.6 Å². The van der Waals surface area contributed by atoms with E-state index in [0.717, 1.165) is 18.2 Å². The Balaban J connectivity index is 2.20. The van der Waals surface area contributed by atoms with Gasteiger partial charge in [0.15, 0.2) is 0 Å². The molecule has 1 aromatic rings. The molecule has 5 nitrogen and oxygen atoms in total. The molecule has 1 atom stereocenters. The molecule has 5 heteroatoms. The molecule has 2 rings (SSSR count). The first-order valence-corrected chi connectivity index (χ1v) is 5.45. The van der Waals surface area contributed by atoms with E-state index in [4.69, 9.17) is 4.74 Å². The van der Waals surface area contributed by atoms with Crippen molar-refractivity contribution in [2.75, 3.05) is 43.6 Å². The Bertz CT molecular complexity index is 346. The molecule has 1 aliphatic heterocycles. The van der Waals surface area contributed by atoms with Crippen LogP contribution in [0.5, 0.6) is 0 Å². The Morgan fingerprint density at radius 3 is 3.25 bits per heavy atom. The molecule has 0 aliphatic carbocycles. The van der Waals surface area contributed by atoms with E-state index < -0.39 is 0 Å². The fraction of sp³-hybridized carbons (Fsp3) is 0.545. The minimum absolute atomic E-state index is 0.00774. The van der Waals surface area contributed by atoms with Crippen molar-refractivity contribution >= 4 is 11.6 Å². The van der Waals surface area contributed by atoms with E-state index in [1.54, 1.807) is 0 Å². The number of aliphatic hydroxyl groups excluding tert-OH is 1. The number of pyridine rings is 1. The van der Waals surface area contributed by atoms with E-state index in [0.29, 0.717) is 13.2 Å². The molecule has 0 amide bonds. The van der Waals surface area contributed by atoms with Gasteiger partial charge in [-0.25, -0.2) is 4.98 Å². The van der Waals surface area contributed by atoms with E-state index in [2.05, 4.69) is 15.2 Å². The molecular weight excluding hydrogens is 206 g/mol. The second-order valence-electron chi connectivity index (χ2n) is 3.74. The van der Waals surface area contributed by atoms with Crippen molar-refractivity contribution in [2.24, 2.45) is 0 Å². The summed E-state index contributed by atoms with van der Waals surface area (Å²) >= 11 is 0. The predicted molar refractivity (Wildman–Crippen MR) is 62.8 cm³/mol. The molecule has 0 bridgehead atoms. The summed E-state index contributed by atoms with van der Waals surface area (Å²) in [5.41, 5.74) is 0. The molecular formula is C11H17N3O2. The largest absolute Gasteiger partial charge is 0.394 e. The van der Waals surface area contributed by atoms with Gasteiger partial charge in [-0.15, -0.1) is 0 Å². The molecule has 16 heavy (non-hydrogen) atoms. The number of morpholine rings is 1. The smallest absolute Gasteiger partial charge is 0.131 e. The highest BCUT2D eigenvalue weighted by Gasteiger charge is 2.23. The fourth-order valence-electron chi connectivity index (χ4n) is 1.83. The maximum absolute atomic E-state index is 9.28. The Labute approximate surface area is 95.1 Å². The van der Waals surface area contributed by atoms with Crippen LogP contribution in [0.1, 0.15) is 0 Å². The zero-order valence-electron chi connectivity index (χ0n) is 9.39. The second kappa shape index (κ2) is 5.14. The van der Waals surface area contributed by atoms with Crippen molar-refractivity contribution in [2.45, 2.75) is 6.04 Å². The summed E-state index contributed by atoms with van der Waals surface area (Å²) in [6, 6.07) is 5.83. The van der Waals surface area contributed by atoms with Gasteiger partial charge < -0.3 is 20.1 Å². The standard InChI is InChI=1S/C11H17N3O2/c1-12-10-3-2-4-11(13-10)14-5-6-16-8-9(14)7-15/h2-4,9,15H,5-8H2,1H3,(H,12,13). The first kappa shape index (κ1) is 11.2. The number of hydrogen-bond donors (Lipinski definition) is 2. The zero-order chi connectivity index (χ0) is 11.4. The van der Waals surface area contributed by atoms with Crippen LogP contribution in [0.25, 0.3) is 0 Å². The van der Waals surface area contributed by atoms with Crippen LogP contribution in [0.3, 0.4) is 0 Å². The molecule has 1 aromatic heterocycles. The summed E-state index contributed by atoms with van der Waals surface area (Å²) in [5.74, 6) is 1.72. The van der Waals surface area contributed by atoms with Crippen LogP contribution >= 0.6 is 0 Å². The van der Waals surface area contributed by atoms with Crippen molar-refractivity contribution in [3.05, 3.63) is 18.2 Å². The lowest BCUT2D eigenvalue weighted by molar-refractivity contribution is 0.0723. The molecule has 2 heterocycles. The minimum Gasteiger partial charge on any atom is -0.394 e. The maximum atomic E-state index is 9.28. The lowest BCUT2D eigenvalue weighted by Gasteiger charge is -2.35. The van der Waals surface area contributed by atoms with Crippen molar-refractivity contribution in [1.29, 1.82) is 0 Å². The molecule has 1 fully saturated rings. The van der Waals surface area contributed by atoms with Crippen molar-refractivity contribution < 1.29 is 9.84 Å². The van der Waals surface area contributed by atoms with Gasteiger partial charge in [0, 0.05) is 13.6 Å². The molecule has 0 spiro atoms. The lowest BCUT2D eigenvalue weighted by atomic mass is 10.2. The van der Waals surface area contributed by atoms with E-state index in [1.165, 1.54) is 0 Å². The summed E-state index contributed by atoms with van der Waals surface area (Å²) in [6.07, 6.45) is 0. The lowest BCUT2D eigenvalue weighted by Crippen LogP contribution is -2.48. The number of rotatable bonds is 3. The maximum Gasteiger partial charge on any atom is 0.131 e. The molecule has 1 saturated heterocycles. The number of nitrogens with zero attached hydrogens (tertiary/aromatic N) is 2. The van der Waals surface area contributed by atoms with E-state index in [-0.39, 0.29) is 12.6 Å². The van der Waals surface area contributed by atoms with Gasteiger partial charge in [0.05, 0.1) is 25.9 Å². The Morgan fingerprint density at radius 2 is 2.50 bits per heavy atom. The van der Waals surface area contributed by atoms with Gasteiger partial charge in [0.2, 0.25) is 0 Å². The molecule has 2 N–H and O–H groups in total. The van der Waals surface area contributed by atoms with E-state index in [9.17, 15) is 5.11 Å². The summed E-state index contributed by atoms with van der Waals surface area (Å²) < 4.78 is 5.34. The number of anilines is 2. The van der Waals surface area contributed by atoms with Crippen molar-refractivity contribution in [1.82, 2.24) is 4.98 Å². The van der Waals surface area contributed by atoms with Crippen LogP contribution in [0.15, 0.2) is 18.2 Å². The molecule has 0 saturated carbocycles. The first-order valence-electron chi connectivity index (χ1n) is 5.45. The van der Waals surface area contributed by atoms with Gasteiger partial charge in [-0.3, -0.25) is 0 Å². The average molecular weight is 223 g/mol. The van der Waals surface area contributed by atoms with Gasteiger partial charge in [-0.05, 0) is 12.1 Å². The number of hydrogen-bond acceptors (Lipinski definition) is 5. The molecule has 1 unspecified atom stereocenters. The van der Waals surface area contributed by atoms with Crippen LogP contribution in [-0.2, 0) is 4.74 Å². The summed E-state index contributed by atoms with van der Waals surface area (Å²) in [4.78, 5) is 6.55. The average Bonchev–Trinajstić information content (AvgIpc) is 2.38. The minimum atomic E-state index is 0.00774. The van der Waals surface area contributed by atoms with Crippen LogP contribution in [0.2, 0.25) is 0 Å². The monoisotopic (exact) mass is 223 g/mol. The zero-order valence-corrected chi connectivity index (χ0v) is 9.39. The van der Waals surface area contributed by atoms with Gasteiger partial charge in [0.25, 0.3) is 0 Å². The number of nitrogens with one attached hydrogen (secondary N) is 1. The number of aromatic nitrogens is 1. The Hall–Kier alpha value is -1.33. The molecule has 0 aromatic carbocycles. The summed E-state index contributed by atoms with van der Waals surface area (Å²) in [6.45, 7) is 2.10. The third-order valence-electron chi connectivity index (χ3n) is 2.72. The second-order valence-corrected chi connectivity index (χ2v) is 3.74. The third kappa shape index (κ3) is 2.25. The first-order chi connectivity index (χ1) is 7.85. The number of aliphatic hydroxyl groups is 1. The SMILES string of the molecule is CNc1cccc(N2CCOCC2CO)n1. The third-order valence-corrected chi connectivity index (χ3v) is 2.72. The molecule has 0 radical (unpaired) electrons. The fourth-order valence-corrected chi connectivity index (χ4v) is 1.83. The summed E-state index contributed by atoms with van der Waals surface area (Å²) in [7, 11) is 1.84. The highest BCUT2D eigenvalue weighted by molar-refractivity contribution is 5.47. The van der Waals surface area contributed by atoms with Crippen LogP contribution in [0, 0.1) is 0 Å². The predicted octanol–water partition coefficient (Wildman–Crippen LogP) is 0.321. The van der Waals surface area contributed by atoms with Gasteiger partial charge >= 0.3 is 0 Å². The number of ether oxygens (including phenoxy) is 1. The molecule has 1 aliphatic rings. The van der Waals surface area contributed by atoms with Gasteiger partial charge in [0.1, 0.15) is 11.6 Å². The van der Waals surface area contributed by atoms with Gasteiger partial charge in [-0.2, -0.15) is 0 Å². The highest BCUT2D eigenvalue weighted by Crippen LogP contribution is 2.18. The Kier molecular flexibility index (Phi) is 3.58. The van der Waals surface area contributed by atoms with Crippen molar-refractivity contribution in [3.8, 4) is 0 Å². The molecule has 88 valence electrons. The normalized spacial score (nSPS) is 20.9. The quantitative estimate of drug-likeness (QED) is 0.773. The van der Waals surface area contributed by atoms with Crippen molar-refractivity contribution in [3.63, 3.8) is 0 Å². The summed E-state index contributed by atoms with van der Waals surface area (Å²) in [5, 5.41) is 12.3. The van der Waals surface area contributed by atoms with Gasteiger partial charge in [-0.1, -0.05) is 6.07 Å².